The molecular weight excluding hydrogens is 260 g/mol. The molecule has 0 radical (unpaired) electrons. The van der Waals surface area contributed by atoms with Crippen LogP contribution in [0.15, 0.2) is 5.16 Å². The average molecular weight is 282 g/mol. The first-order valence-corrected chi connectivity index (χ1v) is 7.28. The van der Waals surface area contributed by atoms with Gasteiger partial charge in [0.1, 0.15) is 5.41 Å². The summed E-state index contributed by atoms with van der Waals surface area (Å²) in [5.74, 6) is -0.140. The molecule has 3 rings (SSSR count). The van der Waals surface area contributed by atoms with Gasteiger partial charge in [-0.2, -0.15) is 0 Å². The van der Waals surface area contributed by atoms with Gasteiger partial charge in [-0.1, -0.05) is 5.16 Å². The molecule has 3 fully saturated rings. The maximum Gasteiger partial charge on any atom is 0.234 e. The van der Waals surface area contributed by atoms with Crippen molar-refractivity contribution in [1.29, 1.82) is 0 Å². The molecule has 0 bridgehead atoms. The molecule has 2 unspecified atom stereocenters. The lowest BCUT2D eigenvalue weighted by Crippen LogP contribution is -2.51. The molecule has 0 aromatic rings. The first-order chi connectivity index (χ1) is 9.65. The predicted octanol–water partition coefficient (Wildman–Crippen LogP) is -0.508. The second kappa shape index (κ2) is 5.21. The largest absolute Gasteiger partial charge is 0.409 e. The molecule has 1 aliphatic carbocycles. The van der Waals surface area contributed by atoms with Crippen molar-refractivity contribution in [2.45, 2.75) is 37.8 Å². The smallest absolute Gasteiger partial charge is 0.234 e. The molecule has 0 spiro atoms. The summed E-state index contributed by atoms with van der Waals surface area (Å²) in [6, 6.07) is 0.564. The number of ether oxygens (including phenoxy) is 1. The van der Waals surface area contributed by atoms with Crippen molar-refractivity contribution >= 4 is 11.7 Å². The maximum absolute atomic E-state index is 12.1. The monoisotopic (exact) mass is 282 g/mol. The van der Waals surface area contributed by atoms with E-state index in [1.807, 2.05) is 0 Å². The molecule has 1 saturated carbocycles. The summed E-state index contributed by atoms with van der Waals surface area (Å²) in [7, 11) is 0. The van der Waals surface area contributed by atoms with Crippen molar-refractivity contribution in [3.8, 4) is 0 Å². The minimum absolute atomic E-state index is 0.0131. The van der Waals surface area contributed by atoms with Gasteiger partial charge in [0, 0.05) is 19.1 Å². The van der Waals surface area contributed by atoms with E-state index in [1.165, 1.54) is 12.8 Å². The van der Waals surface area contributed by atoms with Gasteiger partial charge in [0.05, 0.1) is 12.7 Å². The molecule has 7 heteroatoms. The zero-order valence-corrected chi connectivity index (χ0v) is 11.5. The molecule has 7 nitrogen and oxygen atoms in total. The molecule has 20 heavy (non-hydrogen) atoms. The summed E-state index contributed by atoms with van der Waals surface area (Å²) in [5.41, 5.74) is 4.81. The topological polar surface area (TPSA) is 100 Å². The summed E-state index contributed by atoms with van der Waals surface area (Å²) in [6.07, 6.45) is 3.78. The number of rotatable bonds is 4. The Labute approximate surface area is 118 Å². The molecule has 0 aromatic heterocycles. The number of fused-ring (bicyclic) bond motifs is 1. The molecule has 112 valence electrons. The molecule has 2 atom stereocenters. The van der Waals surface area contributed by atoms with Crippen molar-refractivity contribution in [2.75, 3.05) is 26.2 Å². The van der Waals surface area contributed by atoms with E-state index >= 15 is 0 Å². The Kier molecular flexibility index (Phi) is 3.55. The van der Waals surface area contributed by atoms with E-state index in [4.69, 9.17) is 15.7 Å². The van der Waals surface area contributed by atoms with Gasteiger partial charge >= 0.3 is 0 Å². The molecule has 3 aliphatic rings. The predicted molar refractivity (Wildman–Crippen MR) is 72.4 cm³/mol. The Morgan fingerprint density at radius 1 is 1.55 bits per heavy atom. The van der Waals surface area contributed by atoms with Gasteiger partial charge in [-0.05, 0) is 32.2 Å². The zero-order valence-electron chi connectivity index (χ0n) is 11.5. The molecule has 1 amide bonds. The SMILES string of the molecule is NC(=NO)C1(C(=O)NCC2CN3CCCC3CO2)CC1. The average Bonchev–Trinajstić information content (AvgIpc) is 3.16. The van der Waals surface area contributed by atoms with Crippen LogP contribution in [0, 0.1) is 5.41 Å². The summed E-state index contributed by atoms with van der Waals surface area (Å²) in [6.45, 7) is 3.25. The van der Waals surface area contributed by atoms with Crippen LogP contribution in [0.2, 0.25) is 0 Å². The quantitative estimate of drug-likeness (QED) is 0.279. The maximum atomic E-state index is 12.1. The van der Waals surface area contributed by atoms with E-state index in [-0.39, 0.29) is 17.8 Å². The van der Waals surface area contributed by atoms with Crippen molar-refractivity contribution < 1.29 is 14.7 Å². The standard InChI is InChI=1S/C13H22N4O3/c14-11(16-19)13(3-4-13)12(18)15-6-10-7-17-5-1-2-9(17)8-20-10/h9-10,19H,1-8H2,(H2,14,16)(H,15,18). The number of hydrogen-bond donors (Lipinski definition) is 3. The third kappa shape index (κ3) is 2.35. The third-order valence-electron chi connectivity index (χ3n) is 4.73. The Hall–Kier alpha value is -1.34. The first kappa shape index (κ1) is 13.6. The summed E-state index contributed by atoms with van der Waals surface area (Å²) in [4.78, 5) is 14.6. The number of nitrogens with two attached hydrogens (primary N) is 1. The number of hydrogen-bond acceptors (Lipinski definition) is 5. The normalized spacial score (nSPS) is 32.7. The highest BCUT2D eigenvalue weighted by atomic mass is 16.5. The van der Waals surface area contributed by atoms with Gasteiger partial charge in [-0.15, -0.1) is 0 Å². The summed E-state index contributed by atoms with van der Waals surface area (Å²) >= 11 is 0. The highest BCUT2D eigenvalue weighted by Crippen LogP contribution is 2.46. The van der Waals surface area contributed by atoms with E-state index in [2.05, 4.69) is 15.4 Å². The Bertz CT molecular complexity index is 422. The summed E-state index contributed by atoms with van der Waals surface area (Å²) in [5, 5.41) is 14.6. The molecule has 2 aliphatic heterocycles. The molecule has 4 N–H and O–H groups in total. The summed E-state index contributed by atoms with van der Waals surface area (Å²) < 4.78 is 5.79. The fraction of sp³-hybridized carbons (Fsp3) is 0.846. The Morgan fingerprint density at radius 2 is 2.35 bits per heavy atom. The van der Waals surface area contributed by atoms with Gasteiger partial charge < -0.3 is 21.0 Å². The van der Waals surface area contributed by atoms with Crippen LogP contribution in [0.5, 0.6) is 0 Å². The zero-order chi connectivity index (χ0) is 14.2. The number of amidine groups is 1. The minimum atomic E-state index is -0.778. The molecular formula is C13H22N4O3. The Balaban J connectivity index is 1.49. The van der Waals surface area contributed by atoms with Gasteiger partial charge in [-0.3, -0.25) is 9.69 Å². The van der Waals surface area contributed by atoms with Crippen LogP contribution in [-0.2, 0) is 9.53 Å². The van der Waals surface area contributed by atoms with E-state index < -0.39 is 5.41 Å². The van der Waals surface area contributed by atoms with Crippen LogP contribution in [0.25, 0.3) is 0 Å². The second-order valence-electron chi connectivity index (χ2n) is 6.02. The number of carbonyl (C=O) groups is 1. The van der Waals surface area contributed by atoms with E-state index in [0.29, 0.717) is 25.4 Å². The lowest BCUT2D eigenvalue weighted by Gasteiger charge is -2.35. The fourth-order valence-electron chi connectivity index (χ4n) is 3.21. The number of nitrogens with one attached hydrogen (secondary N) is 1. The highest BCUT2D eigenvalue weighted by molar-refractivity contribution is 6.09. The van der Waals surface area contributed by atoms with Crippen molar-refractivity contribution in [2.24, 2.45) is 16.3 Å². The van der Waals surface area contributed by atoms with E-state index in [0.717, 1.165) is 19.7 Å². The highest BCUT2D eigenvalue weighted by Gasteiger charge is 2.54. The molecule has 0 aromatic carbocycles. The van der Waals surface area contributed by atoms with Crippen LogP contribution in [0.1, 0.15) is 25.7 Å². The number of oxime groups is 1. The third-order valence-corrected chi connectivity index (χ3v) is 4.73. The van der Waals surface area contributed by atoms with Crippen molar-refractivity contribution in [3.05, 3.63) is 0 Å². The number of nitrogens with zero attached hydrogens (tertiary/aromatic N) is 2. The van der Waals surface area contributed by atoms with Crippen molar-refractivity contribution in [1.82, 2.24) is 10.2 Å². The van der Waals surface area contributed by atoms with E-state index in [9.17, 15) is 4.79 Å². The van der Waals surface area contributed by atoms with E-state index in [1.54, 1.807) is 0 Å². The lowest BCUT2D eigenvalue weighted by atomic mass is 10.1. The van der Waals surface area contributed by atoms with Crippen LogP contribution >= 0.6 is 0 Å². The van der Waals surface area contributed by atoms with Crippen molar-refractivity contribution in [3.63, 3.8) is 0 Å². The Morgan fingerprint density at radius 3 is 3.05 bits per heavy atom. The second-order valence-corrected chi connectivity index (χ2v) is 6.02. The molecule has 2 saturated heterocycles. The van der Waals surface area contributed by atoms with Gasteiger partial charge in [-0.25, -0.2) is 0 Å². The minimum Gasteiger partial charge on any atom is -0.409 e. The van der Waals surface area contributed by atoms with Crippen LogP contribution < -0.4 is 11.1 Å². The molecule has 2 heterocycles. The number of morpholine rings is 1. The number of carbonyl (C=O) groups excluding carboxylic acids is 1. The van der Waals surface area contributed by atoms with Crippen LogP contribution in [0.3, 0.4) is 0 Å². The number of amides is 1. The van der Waals surface area contributed by atoms with Gasteiger partial charge in [0.15, 0.2) is 5.84 Å². The fourth-order valence-corrected chi connectivity index (χ4v) is 3.21. The van der Waals surface area contributed by atoms with Gasteiger partial charge in [0.2, 0.25) is 5.91 Å². The van der Waals surface area contributed by atoms with Crippen LogP contribution in [0.4, 0.5) is 0 Å². The first-order valence-electron chi connectivity index (χ1n) is 7.28. The van der Waals surface area contributed by atoms with Gasteiger partial charge in [0.25, 0.3) is 0 Å². The van der Waals surface area contributed by atoms with Crippen LogP contribution in [-0.4, -0.2) is 60.2 Å². The lowest BCUT2D eigenvalue weighted by molar-refractivity contribution is -0.125.